The standard InChI is InChI=1S/C23H29N5O2/c1-30-19-7-8-20-21(15-19)26-22(25-20)16-27-11-13-28(14-12-27)17-23(29)24-10-9-18-5-3-2-4-6-18/h2-8,15H,9-14,16-17H2,1H3,(H,24,29)(H,25,26). The van der Waals surface area contributed by atoms with E-state index in [1.165, 1.54) is 5.56 Å². The van der Waals surface area contributed by atoms with Gasteiger partial charge < -0.3 is 15.0 Å². The second-order valence-electron chi connectivity index (χ2n) is 7.70. The average molecular weight is 408 g/mol. The van der Waals surface area contributed by atoms with Gasteiger partial charge in [0.25, 0.3) is 0 Å². The van der Waals surface area contributed by atoms with Gasteiger partial charge in [-0.25, -0.2) is 4.98 Å². The molecule has 1 fully saturated rings. The number of ether oxygens (including phenoxy) is 1. The number of aromatic amines is 1. The molecule has 7 nitrogen and oxygen atoms in total. The summed E-state index contributed by atoms with van der Waals surface area (Å²) >= 11 is 0. The molecule has 2 aromatic carbocycles. The van der Waals surface area contributed by atoms with Crippen LogP contribution >= 0.6 is 0 Å². The summed E-state index contributed by atoms with van der Waals surface area (Å²) < 4.78 is 5.28. The topological polar surface area (TPSA) is 73.5 Å². The normalized spacial score (nSPS) is 15.4. The van der Waals surface area contributed by atoms with Gasteiger partial charge in [-0.15, -0.1) is 0 Å². The number of rotatable bonds is 8. The zero-order valence-corrected chi connectivity index (χ0v) is 17.4. The Kier molecular flexibility index (Phi) is 6.61. The number of hydrogen-bond donors (Lipinski definition) is 2. The van der Waals surface area contributed by atoms with Crippen LogP contribution in [0, 0.1) is 0 Å². The van der Waals surface area contributed by atoms with Gasteiger partial charge in [0.05, 0.1) is 31.2 Å². The largest absolute Gasteiger partial charge is 0.497 e. The number of piperazine rings is 1. The molecule has 1 aromatic heterocycles. The Hall–Kier alpha value is -2.90. The second kappa shape index (κ2) is 9.73. The van der Waals surface area contributed by atoms with Crippen molar-refractivity contribution in [3.8, 4) is 5.75 Å². The Morgan fingerprint density at radius 3 is 2.63 bits per heavy atom. The monoisotopic (exact) mass is 407 g/mol. The summed E-state index contributed by atoms with van der Waals surface area (Å²) in [6.07, 6.45) is 0.865. The number of benzene rings is 2. The summed E-state index contributed by atoms with van der Waals surface area (Å²) in [7, 11) is 1.67. The minimum atomic E-state index is 0.102. The van der Waals surface area contributed by atoms with Gasteiger partial charge in [0.2, 0.25) is 5.91 Å². The number of carbonyl (C=O) groups excluding carboxylic acids is 1. The summed E-state index contributed by atoms with van der Waals surface area (Å²) in [4.78, 5) is 24.9. The first-order valence-electron chi connectivity index (χ1n) is 10.5. The zero-order chi connectivity index (χ0) is 20.8. The van der Waals surface area contributed by atoms with Gasteiger partial charge in [0.15, 0.2) is 0 Å². The first-order chi connectivity index (χ1) is 14.7. The van der Waals surface area contributed by atoms with E-state index in [4.69, 9.17) is 4.74 Å². The van der Waals surface area contributed by atoms with E-state index < -0.39 is 0 Å². The molecule has 2 heterocycles. The Balaban J connectivity index is 1.19. The van der Waals surface area contributed by atoms with Gasteiger partial charge in [-0.1, -0.05) is 30.3 Å². The van der Waals surface area contributed by atoms with Crippen LogP contribution in [0.4, 0.5) is 0 Å². The van der Waals surface area contributed by atoms with Crippen molar-refractivity contribution < 1.29 is 9.53 Å². The number of fused-ring (bicyclic) bond motifs is 1. The number of methoxy groups -OCH3 is 1. The molecule has 1 saturated heterocycles. The van der Waals surface area contributed by atoms with Crippen LogP contribution in [0.2, 0.25) is 0 Å². The van der Waals surface area contributed by atoms with Gasteiger partial charge in [-0.3, -0.25) is 14.6 Å². The van der Waals surface area contributed by atoms with Crippen molar-refractivity contribution in [2.75, 3.05) is 46.4 Å². The van der Waals surface area contributed by atoms with Gasteiger partial charge >= 0.3 is 0 Å². The van der Waals surface area contributed by atoms with E-state index in [1.807, 2.05) is 36.4 Å². The third-order valence-electron chi connectivity index (χ3n) is 5.52. The maximum atomic E-state index is 12.2. The molecule has 2 N–H and O–H groups in total. The molecule has 0 bridgehead atoms. The lowest BCUT2D eigenvalue weighted by molar-refractivity contribution is -0.122. The fraction of sp³-hybridized carbons (Fsp3) is 0.391. The van der Waals surface area contributed by atoms with Crippen LogP contribution in [0.3, 0.4) is 0 Å². The van der Waals surface area contributed by atoms with E-state index in [2.05, 4.69) is 37.2 Å². The molecular formula is C23H29N5O2. The average Bonchev–Trinajstić information content (AvgIpc) is 3.17. The summed E-state index contributed by atoms with van der Waals surface area (Å²) in [5.74, 6) is 1.89. The van der Waals surface area contributed by atoms with Gasteiger partial charge in [0, 0.05) is 38.8 Å². The van der Waals surface area contributed by atoms with Gasteiger partial charge in [0.1, 0.15) is 11.6 Å². The predicted octanol–water partition coefficient (Wildman–Crippen LogP) is 2.05. The number of nitrogens with zero attached hydrogens (tertiary/aromatic N) is 3. The van der Waals surface area contributed by atoms with Crippen molar-refractivity contribution in [3.63, 3.8) is 0 Å². The molecule has 0 radical (unpaired) electrons. The molecule has 0 spiro atoms. The number of aromatic nitrogens is 2. The number of nitrogens with one attached hydrogen (secondary N) is 2. The molecule has 4 rings (SSSR count). The first-order valence-corrected chi connectivity index (χ1v) is 10.5. The van der Waals surface area contributed by atoms with Crippen LogP contribution in [-0.2, 0) is 17.8 Å². The van der Waals surface area contributed by atoms with Crippen molar-refractivity contribution in [2.45, 2.75) is 13.0 Å². The fourth-order valence-corrected chi connectivity index (χ4v) is 3.81. The molecule has 7 heteroatoms. The van der Waals surface area contributed by atoms with Crippen molar-refractivity contribution in [1.29, 1.82) is 0 Å². The van der Waals surface area contributed by atoms with Crippen LogP contribution in [0.25, 0.3) is 11.0 Å². The molecule has 0 saturated carbocycles. The number of carbonyl (C=O) groups is 1. The summed E-state index contributed by atoms with van der Waals surface area (Å²) in [5.41, 5.74) is 3.20. The number of H-pyrrole nitrogens is 1. The summed E-state index contributed by atoms with van der Waals surface area (Å²) in [5, 5.41) is 3.03. The minimum absolute atomic E-state index is 0.102. The van der Waals surface area contributed by atoms with Crippen molar-refractivity contribution >= 4 is 16.9 Å². The lowest BCUT2D eigenvalue weighted by Gasteiger charge is -2.33. The highest BCUT2D eigenvalue weighted by atomic mass is 16.5. The van der Waals surface area contributed by atoms with E-state index >= 15 is 0 Å². The Morgan fingerprint density at radius 1 is 1.10 bits per heavy atom. The third kappa shape index (κ3) is 5.37. The first kappa shape index (κ1) is 20.4. The molecule has 158 valence electrons. The highest BCUT2D eigenvalue weighted by molar-refractivity contribution is 5.78. The van der Waals surface area contributed by atoms with Crippen LogP contribution in [0.5, 0.6) is 5.75 Å². The van der Waals surface area contributed by atoms with E-state index in [-0.39, 0.29) is 5.91 Å². The quantitative estimate of drug-likeness (QED) is 0.598. The number of amides is 1. The third-order valence-corrected chi connectivity index (χ3v) is 5.52. The fourth-order valence-electron chi connectivity index (χ4n) is 3.81. The lowest BCUT2D eigenvalue weighted by atomic mass is 10.1. The number of hydrogen-bond acceptors (Lipinski definition) is 5. The summed E-state index contributed by atoms with van der Waals surface area (Å²) in [6, 6.07) is 16.1. The molecule has 3 aromatic rings. The molecule has 0 atom stereocenters. The summed E-state index contributed by atoms with van der Waals surface area (Å²) in [6.45, 7) is 5.57. The highest BCUT2D eigenvalue weighted by Crippen LogP contribution is 2.19. The van der Waals surface area contributed by atoms with E-state index in [1.54, 1.807) is 7.11 Å². The minimum Gasteiger partial charge on any atom is -0.497 e. The van der Waals surface area contributed by atoms with E-state index in [0.29, 0.717) is 13.1 Å². The second-order valence-corrected chi connectivity index (χ2v) is 7.70. The Morgan fingerprint density at radius 2 is 1.87 bits per heavy atom. The van der Waals surface area contributed by atoms with Crippen molar-refractivity contribution in [3.05, 3.63) is 59.9 Å². The predicted molar refractivity (Wildman–Crippen MR) is 118 cm³/mol. The number of imidazole rings is 1. The zero-order valence-electron chi connectivity index (χ0n) is 17.4. The van der Waals surface area contributed by atoms with Crippen LogP contribution in [-0.4, -0.2) is 72.1 Å². The van der Waals surface area contributed by atoms with Crippen LogP contribution < -0.4 is 10.1 Å². The maximum Gasteiger partial charge on any atom is 0.234 e. The van der Waals surface area contributed by atoms with Crippen molar-refractivity contribution in [2.24, 2.45) is 0 Å². The van der Waals surface area contributed by atoms with Crippen LogP contribution in [0.1, 0.15) is 11.4 Å². The molecule has 30 heavy (non-hydrogen) atoms. The van der Waals surface area contributed by atoms with Crippen LogP contribution in [0.15, 0.2) is 48.5 Å². The lowest BCUT2D eigenvalue weighted by Crippen LogP contribution is -2.49. The van der Waals surface area contributed by atoms with Gasteiger partial charge in [-0.05, 0) is 24.1 Å². The van der Waals surface area contributed by atoms with E-state index in [0.717, 1.165) is 61.8 Å². The molecular weight excluding hydrogens is 378 g/mol. The Labute approximate surface area is 177 Å². The molecule has 1 aliphatic rings. The molecule has 1 aliphatic heterocycles. The molecule has 1 amide bonds. The Bertz CT molecular complexity index is 964. The van der Waals surface area contributed by atoms with Gasteiger partial charge in [-0.2, -0.15) is 0 Å². The SMILES string of the molecule is COc1ccc2nc(CN3CCN(CC(=O)NCCc4ccccc4)CC3)[nH]c2c1. The smallest absolute Gasteiger partial charge is 0.234 e. The molecule has 0 unspecified atom stereocenters. The molecule has 0 aliphatic carbocycles. The maximum absolute atomic E-state index is 12.2. The van der Waals surface area contributed by atoms with Crippen molar-refractivity contribution in [1.82, 2.24) is 25.1 Å². The van der Waals surface area contributed by atoms with E-state index in [9.17, 15) is 4.79 Å². The highest BCUT2D eigenvalue weighted by Gasteiger charge is 2.20.